The number of aromatic nitrogens is 3. The fraction of sp³-hybridized carbons (Fsp3) is 0.267. The zero-order chi connectivity index (χ0) is 40.4. The van der Waals surface area contributed by atoms with Gasteiger partial charge in [0.2, 0.25) is 0 Å². The molecule has 0 fully saturated rings. The van der Waals surface area contributed by atoms with Gasteiger partial charge in [0.15, 0.2) is 13.2 Å². The second-order valence-electron chi connectivity index (χ2n) is 10.8. The molecule has 0 amide bonds. The number of nitrogen functional groups attached to an aromatic ring is 1. The molecule has 7 N–H and O–H groups in total. The Kier molecular flexibility index (Phi) is 16.3. The van der Waals surface area contributed by atoms with Crippen LogP contribution in [0.3, 0.4) is 0 Å². The predicted molar refractivity (Wildman–Crippen MR) is 190 cm³/mol. The Bertz CT molecular complexity index is 2050. The monoisotopic (exact) mass is 828 g/mol. The van der Waals surface area contributed by atoms with Crippen LogP contribution < -0.4 is 21.9 Å². The fourth-order valence-electron chi connectivity index (χ4n) is 3.96. The van der Waals surface area contributed by atoms with Crippen LogP contribution in [0, 0.1) is 22.9 Å². The average Bonchev–Trinajstić information content (AvgIpc) is 3.36. The molecule has 3 aromatic carbocycles. The first-order valence-electron chi connectivity index (χ1n) is 14.6. The van der Waals surface area contributed by atoms with Crippen molar-refractivity contribution in [3.63, 3.8) is 0 Å². The van der Waals surface area contributed by atoms with Gasteiger partial charge in [-0.1, -0.05) is 41.4 Å². The average molecular weight is 830 g/mol. The van der Waals surface area contributed by atoms with E-state index in [1.165, 1.54) is 18.8 Å². The van der Waals surface area contributed by atoms with E-state index in [1.807, 2.05) is 6.07 Å². The van der Waals surface area contributed by atoms with Gasteiger partial charge in [0.05, 0.1) is 4.92 Å². The zero-order valence-corrected chi connectivity index (χ0v) is 30.6. The number of nitrogens with two attached hydrogens (primary N) is 2. The summed E-state index contributed by atoms with van der Waals surface area (Å²) in [5.74, 6) is -2.89. The number of carboxylic acids is 2. The van der Waals surface area contributed by atoms with Gasteiger partial charge in [-0.05, 0) is 49.2 Å². The van der Waals surface area contributed by atoms with Gasteiger partial charge in [0.1, 0.15) is 45.1 Å². The van der Waals surface area contributed by atoms with E-state index >= 15 is 0 Å². The molecule has 1 heterocycles. The van der Waals surface area contributed by atoms with E-state index in [0.717, 1.165) is 19.1 Å². The van der Waals surface area contributed by atoms with Crippen molar-refractivity contribution in [2.45, 2.75) is 37.7 Å². The van der Waals surface area contributed by atoms with E-state index in [9.17, 15) is 42.2 Å². The molecule has 0 aliphatic rings. The van der Waals surface area contributed by atoms with Crippen molar-refractivity contribution in [3.8, 4) is 17.2 Å². The molecule has 0 saturated carbocycles. The number of alkyl halides is 3. The molecule has 0 aliphatic heterocycles. The van der Waals surface area contributed by atoms with Crippen LogP contribution in [0.5, 0.6) is 11.5 Å². The molecule has 0 aliphatic carbocycles. The molecule has 53 heavy (non-hydrogen) atoms. The van der Waals surface area contributed by atoms with Crippen molar-refractivity contribution in [2.24, 2.45) is 5.73 Å². The smallest absolute Gasteiger partial charge is 0.355 e. The topological polar surface area (TPSA) is 256 Å². The van der Waals surface area contributed by atoms with Gasteiger partial charge in [0.25, 0.3) is 5.69 Å². The minimum absolute atomic E-state index is 0.0352. The minimum Gasteiger partial charge on any atom is -0.480 e. The van der Waals surface area contributed by atoms with Gasteiger partial charge in [-0.15, -0.1) is 16.7 Å². The molecule has 0 spiro atoms. The summed E-state index contributed by atoms with van der Waals surface area (Å²) in [6.07, 6.45) is -0.258. The molecule has 3 atom stereocenters. The van der Waals surface area contributed by atoms with Gasteiger partial charge in [0, 0.05) is 30.3 Å². The van der Waals surface area contributed by atoms with Crippen LogP contribution in [0.15, 0.2) is 59.4 Å². The highest BCUT2D eigenvalue weighted by Crippen LogP contribution is 2.39. The summed E-state index contributed by atoms with van der Waals surface area (Å²) in [6.45, 7) is -0.792. The molecule has 3 unspecified atom stereocenters. The van der Waals surface area contributed by atoms with Gasteiger partial charge in [-0.2, -0.15) is 13.5 Å². The van der Waals surface area contributed by atoms with E-state index in [-0.39, 0.29) is 62.1 Å². The standard InChI is InChI=1S/C13H10Cl2F3N3O3.C12H9ClN2O3.C5H12NO4P/c1-5-19-21(13(24)20(5)12(17)18)10-3-6(2-8(15)11(22)23)7(14)4-9(10)16;13-11-10(18-8-4-2-1-3-5-8)7-6-9(12(11)14)15(16)17;1-11(9,10)3-2-4(6)5(7)8/h3-4,8,12H,2H2,1H3,(H,22,23);1-7H,14H2;4H,2-3,6H2,1H3,(H,7,8)(H,9,10). The number of hydrogen-bond acceptors (Lipinski definition) is 10. The van der Waals surface area contributed by atoms with E-state index in [1.54, 1.807) is 24.3 Å². The van der Waals surface area contributed by atoms with Gasteiger partial charge in [-0.25, -0.2) is 13.8 Å². The summed E-state index contributed by atoms with van der Waals surface area (Å²) in [5.41, 5.74) is 8.80. The van der Waals surface area contributed by atoms with Crippen LogP contribution >= 0.6 is 42.2 Å². The number of nitrogens with zero attached hydrogens (tertiary/aromatic N) is 4. The number of ether oxygens (including phenoxy) is 1. The minimum atomic E-state index is -3.14. The largest absolute Gasteiger partial charge is 0.480 e. The van der Waals surface area contributed by atoms with Crippen LogP contribution in [0.25, 0.3) is 5.69 Å². The third kappa shape index (κ3) is 13.1. The number of nitro groups is 1. The number of para-hydroxylation sites is 1. The maximum Gasteiger partial charge on any atom is 0.355 e. The molecule has 4 rings (SSSR count). The molecule has 16 nitrogen and oxygen atoms in total. The number of nitro benzene ring substituents is 1. The highest BCUT2D eigenvalue weighted by Gasteiger charge is 2.23. The second-order valence-corrected chi connectivity index (χ2v) is 14.6. The van der Waals surface area contributed by atoms with E-state index in [2.05, 4.69) is 5.10 Å². The lowest BCUT2D eigenvalue weighted by molar-refractivity contribution is -0.383. The summed E-state index contributed by atoms with van der Waals surface area (Å²) in [6, 6.07) is 12.5. The first-order valence-corrected chi connectivity index (χ1v) is 18.1. The number of halogens is 6. The highest BCUT2D eigenvalue weighted by molar-refractivity contribution is 7.57. The number of carboxylic acid groups (broad SMARTS) is 2. The summed E-state index contributed by atoms with van der Waals surface area (Å²) >= 11 is 17.4. The van der Waals surface area contributed by atoms with Crippen molar-refractivity contribution in [1.82, 2.24) is 14.3 Å². The number of hydrogen-bond donors (Lipinski definition) is 5. The Hall–Kier alpha value is -4.65. The molecule has 1 aromatic heterocycles. The molecule has 4 aromatic rings. The number of aliphatic carboxylic acids is 2. The Morgan fingerprint density at radius 2 is 1.72 bits per heavy atom. The highest BCUT2D eigenvalue weighted by atomic mass is 35.5. The number of rotatable bonds is 12. The van der Waals surface area contributed by atoms with Gasteiger partial charge >= 0.3 is 24.2 Å². The number of benzene rings is 3. The Morgan fingerprint density at radius 3 is 2.21 bits per heavy atom. The quantitative estimate of drug-likeness (QED) is 0.0357. The van der Waals surface area contributed by atoms with Crippen LogP contribution in [0.4, 0.5) is 24.5 Å². The third-order valence-electron chi connectivity index (χ3n) is 6.65. The molecule has 288 valence electrons. The summed E-state index contributed by atoms with van der Waals surface area (Å²) < 4.78 is 56.5. The lowest BCUT2D eigenvalue weighted by Gasteiger charge is -2.10. The molecule has 0 bridgehead atoms. The summed E-state index contributed by atoms with van der Waals surface area (Å²) in [7, 11) is -3.10. The molecular weight excluding hydrogens is 799 g/mol. The molecule has 0 radical (unpaired) electrons. The summed E-state index contributed by atoms with van der Waals surface area (Å²) in [5, 5.41) is 30.0. The Morgan fingerprint density at radius 1 is 1.11 bits per heavy atom. The first-order chi connectivity index (χ1) is 24.5. The van der Waals surface area contributed by atoms with Crippen molar-refractivity contribution in [3.05, 3.63) is 102 Å². The second kappa shape index (κ2) is 19.4. The van der Waals surface area contributed by atoms with E-state index in [0.29, 0.717) is 10.4 Å². The van der Waals surface area contributed by atoms with Crippen LogP contribution in [-0.2, 0) is 20.6 Å². The lowest BCUT2D eigenvalue weighted by Crippen LogP contribution is -2.30. The van der Waals surface area contributed by atoms with Crippen molar-refractivity contribution in [1.29, 1.82) is 0 Å². The summed E-state index contributed by atoms with van der Waals surface area (Å²) in [4.78, 5) is 51.7. The third-order valence-corrected chi connectivity index (χ3v) is 8.82. The number of aryl methyl sites for hydroxylation is 1. The zero-order valence-electron chi connectivity index (χ0n) is 27.4. The van der Waals surface area contributed by atoms with Crippen LogP contribution in [0.2, 0.25) is 10.0 Å². The lowest BCUT2D eigenvalue weighted by atomic mass is 10.1. The van der Waals surface area contributed by atoms with Gasteiger partial charge in [-0.3, -0.25) is 24.3 Å². The van der Waals surface area contributed by atoms with Crippen molar-refractivity contribution in [2.75, 3.05) is 18.6 Å². The van der Waals surface area contributed by atoms with Crippen LogP contribution in [-0.4, -0.2) is 70.6 Å². The SMILES string of the molecule is CP(=O)(O)CCC(N)C(=O)O.Cc1nn(-c2cc(CC(Cl)C(=O)O)c(Cl)cc2F)c(=O)n1C(F)F.Nc1c([N+](=O)[O-])ccc(Oc2ccccc2)c1Cl. The van der Waals surface area contributed by atoms with Crippen molar-refractivity contribution >= 4 is 65.5 Å². The number of carbonyl (C=O) groups is 2. The maximum absolute atomic E-state index is 14.1. The Labute approximate surface area is 312 Å². The Balaban J connectivity index is 0.000000296. The maximum atomic E-state index is 14.1. The van der Waals surface area contributed by atoms with Gasteiger partial charge < -0.3 is 31.3 Å². The predicted octanol–water partition coefficient (Wildman–Crippen LogP) is 6.08. The molecular formula is C30H31Cl3F3N6O10P. The molecule has 0 saturated heterocycles. The normalized spacial score (nSPS) is 13.0. The van der Waals surface area contributed by atoms with E-state index < -0.39 is 59.4 Å². The van der Waals surface area contributed by atoms with Crippen molar-refractivity contribution < 1.29 is 52.1 Å². The fourth-order valence-corrected chi connectivity index (χ4v) is 5.31. The van der Waals surface area contributed by atoms with Crippen LogP contribution in [0.1, 0.15) is 24.4 Å². The first kappa shape index (κ1) is 44.5. The molecule has 23 heteroatoms. The van der Waals surface area contributed by atoms with E-state index in [4.69, 9.17) is 66.1 Å². The number of anilines is 1.